The maximum atomic E-state index is 12.5. The Labute approximate surface area is 154 Å². The number of amides is 1. The molecule has 27 heavy (non-hydrogen) atoms. The van der Waals surface area contributed by atoms with E-state index < -0.39 is 5.91 Å². The number of carbonyl (C=O) groups excluding carboxylic acids is 1. The molecule has 2 heterocycles. The van der Waals surface area contributed by atoms with Crippen LogP contribution in [-0.4, -0.2) is 19.6 Å². The van der Waals surface area contributed by atoms with E-state index in [0.717, 1.165) is 11.3 Å². The van der Waals surface area contributed by atoms with Crippen molar-refractivity contribution in [1.29, 1.82) is 0 Å². The zero-order valence-corrected chi connectivity index (χ0v) is 14.7. The summed E-state index contributed by atoms with van der Waals surface area (Å²) in [5.41, 5.74) is 1.28. The molecule has 136 valence electrons. The number of para-hydroxylation sites is 1. The molecule has 1 amide bonds. The summed E-state index contributed by atoms with van der Waals surface area (Å²) in [4.78, 5) is 24.9. The van der Waals surface area contributed by atoms with E-state index in [4.69, 9.17) is 13.6 Å². The zero-order chi connectivity index (χ0) is 18.8. The number of rotatable bonds is 5. The van der Waals surface area contributed by atoms with Crippen molar-refractivity contribution in [1.82, 2.24) is 5.32 Å². The van der Waals surface area contributed by atoms with Crippen molar-refractivity contribution in [3.63, 3.8) is 0 Å². The van der Waals surface area contributed by atoms with Crippen molar-refractivity contribution in [3.05, 3.63) is 76.1 Å². The Kier molecular flexibility index (Phi) is 4.38. The van der Waals surface area contributed by atoms with Crippen LogP contribution in [0.4, 0.5) is 0 Å². The molecule has 2 aromatic carbocycles. The molecular formula is C21H17NO5. The molecule has 1 N–H and O–H groups in total. The lowest BCUT2D eigenvalue weighted by Gasteiger charge is -2.04. The summed E-state index contributed by atoms with van der Waals surface area (Å²) < 4.78 is 16.2. The van der Waals surface area contributed by atoms with Crippen LogP contribution in [0, 0.1) is 0 Å². The molecule has 0 atom stereocenters. The van der Waals surface area contributed by atoms with Crippen molar-refractivity contribution in [2.24, 2.45) is 0 Å². The number of hydrogen-bond acceptors (Lipinski definition) is 5. The summed E-state index contributed by atoms with van der Waals surface area (Å²) in [6.07, 6.45) is 0.664. The molecule has 0 aliphatic heterocycles. The van der Waals surface area contributed by atoms with Crippen LogP contribution in [0.1, 0.15) is 16.1 Å². The van der Waals surface area contributed by atoms with Gasteiger partial charge in [-0.05, 0) is 36.2 Å². The summed E-state index contributed by atoms with van der Waals surface area (Å²) in [6.45, 7) is 0.436. The van der Waals surface area contributed by atoms with Crippen LogP contribution < -0.4 is 15.5 Å². The first-order valence-corrected chi connectivity index (χ1v) is 8.52. The van der Waals surface area contributed by atoms with Crippen LogP contribution >= 0.6 is 0 Å². The first-order chi connectivity index (χ1) is 13.2. The van der Waals surface area contributed by atoms with Crippen molar-refractivity contribution in [2.45, 2.75) is 6.42 Å². The van der Waals surface area contributed by atoms with E-state index in [9.17, 15) is 9.59 Å². The number of furan rings is 1. The summed E-state index contributed by atoms with van der Waals surface area (Å²) in [5, 5.41) is 3.50. The highest BCUT2D eigenvalue weighted by atomic mass is 16.5. The van der Waals surface area contributed by atoms with E-state index in [2.05, 4.69) is 5.32 Å². The molecule has 0 saturated heterocycles. The van der Waals surface area contributed by atoms with Crippen LogP contribution in [0.3, 0.4) is 0 Å². The Morgan fingerprint density at radius 2 is 1.81 bits per heavy atom. The van der Waals surface area contributed by atoms with E-state index in [1.54, 1.807) is 31.4 Å². The molecule has 0 radical (unpaired) electrons. The molecule has 6 heteroatoms. The van der Waals surface area contributed by atoms with Crippen molar-refractivity contribution < 1.29 is 18.4 Å². The highest BCUT2D eigenvalue weighted by molar-refractivity contribution is 5.97. The first kappa shape index (κ1) is 16.9. The van der Waals surface area contributed by atoms with E-state index in [-0.39, 0.29) is 22.4 Å². The molecule has 0 spiro atoms. The van der Waals surface area contributed by atoms with Gasteiger partial charge in [0.25, 0.3) is 5.91 Å². The lowest BCUT2D eigenvalue weighted by atomic mass is 10.1. The molecule has 4 rings (SSSR count). The Morgan fingerprint density at radius 3 is 2.59 bits per heavy atom. The van der Waals surface area contributed by atoms with Crippen LogP contribution in [0.5, 0.6) is 5.75 Å². The summed E-state index contributed by atoms with van der Waals surface area (Å²) >= 11 is 0. The minimum absolute atomic E-state index is 0.0517. The van der Waals surface area contributed by atoms with E-state index >= 15 is 0 Å². The number of methoxy groups -OCH3 is 1. The predicted molar refractivity (Wildman–Crippen MR) is 101 cm³/mol. The number of carbonyl (C=O) groups is 1. The van der Waals surface area contributed by atoms with Gasteiger partial charge in [-0.3, -0.25) is 9.59 Å². The third-order valence-corrected chi connectivity index (χ3v) is 4.36. The normalized spacial score (nSPS) is 11.0. The largest absolute Gasteiger partial charge is 0.497 e. The van der Waals surface area contributed by atoms with Gasteiger partial charge in [-0.2, -0.15) is 0 Å². The van der Waals surface area contributed by atoms with Gasteiger partial charge < -0.3 is 18.9 Å². The molecule has 0 aliphatic rings. The molecular weight excluding hydrogens is 346 g/mol. The summed E-state index contributed by atoms with van der Waals surface area (Å²) in [6, 6.07) is 16.0. The Balaban J connectivity index is 1.49. The third kappa shape index (κ3) is 3.29. The van der Waals surface area contributed by atoms with Crippen LogP contribution in [0.15, 0.2) is 68.2 Å². The van der Waals surface area contributed by atoms with Gasteiger partial charge in [0.05, 0.1) is 12.5 Å². The maximum absolute atomic E-state index is 12.5. The number of fused-ring (bicyclic) bond motifs is 2. The monoisotopic (exact) mass is 363 g/mol. The molecule has 4 aromatic rings. The highest BCUT2D eigenvalue weighted by Gasteiger charge is 2.17. The van der Waals surface area contributed by atoms with Crippen LogP contribution in [0.25, 0.3) is 22.1 Å². The fraction of sp³-hybridized carbons (Fsp3) is 0.143. The van der Waals surface area contributed by atoms with E-state index in [1.807, 2.05) is 24.3 Å². The second-order valence-electron chi connectivity index (χ2n) is 6.09. The summed E-state index contributed by atoms with van der Waals surface area (Å²) in [7, 11) is 1.62. The van der Waals surface area contributed by atoms with Gasteiger partial charge in [0, 0.05) is 12.6 Å². The average Bonchev–Trinajstić information content (AvgIpc) is 3.13. The fourth-order valence-corrected chi connectivity index (χ4v) is 2.91. The first-order valence-electron chi connectivity index (χ1n) is 8.52. The van der Waals surface area contributed by atoms with E-state index in [0.29, 0.717) is 23.9 Å². The minimum atomic E-state index is -0.390. The second-order valence-corrected chi connectivity index (χ2v) is 6.09. The topological polar surface area (TPSA) is 81.7 Å². The van der Waals surface area contributed by atoms with Gasteiger partial charge in [-0.1, -0.05) is 24.3 Å². The number of ether oxygens (including phenoxy) is 1. The van der Waals surface area contributed by atoms with Gasteiger partial charge in [0.15, 0.2) is 5.76 Å². The van der Waals surface area contributed by atoms with E-state index in [1.165, 1.54) is 6.07 Å². The average molecular weight is 363 g/mol. The van der Waals surface area contributed by atoms with Gasteiger partial charge >= 0.3 is 5.78 Å². The molecule has 0 bridgehead atoms. The molecule has 0 fully saturated rings. The quantitative estimate of drug-likeness (QED) is 0.587. The van der Waals surface area contributed by atoms with Gasteiger partial charge in [-0.15, -0.1) is 0 Å². The maximum Gasteiger partial charge on any atom is 0.302 e. The predicted octanol–water partition coefficient (Wildman–Crippen LogP) is 3.52. The number of hydrogen-bond donors (Lipinski definition) is 1. The second kappa shape index (κ2) is 6.99. The summed E-state index contributed by atoms with van der Waals surface area (Å²) in [5.74, 6) is 0.503. The Bertz CT molecular complexity index is 1170. The lowest BCUT2D eigenvalue weighted by molar-refractivity contribution is 0.0927. The van der Waals surface area contributed by atoms with Gasteiger partial charge in [0.1, 0.15) is 16.7 Å². The molecule has 0 unspecified atom stereocenters. The molecule has 2 aromatic heterocycles. The number of nitrogens with one attached hydrogen (secondary N) is 1. The molecule has 0 aliphatic carbocycles. The SMILES string of the molecule is COc1ccc(CCNC(=O)c2cc3c(=O)c4ccccc4oc3o2)cc1. The van der Waals surface area contributed by atoms with Crippen molar-refractivity contribution >= 4 is 28.0 Å². The highest BCUT2D eigenvalue weighted by Crippen LogP contribution is 2.21. The van der Waals surface area contributed by atoms with Crippen LogP contribution in [-0.2, 0) is 6.42 Å². The Morgan fingerprint density at radius 1 is 1.04 bits per heavy atom. The standard InChI is InChI=1S/C21H17NO5/c1-25-14-8-6-13(7-9-14)10-11-22-20(24)18-12-16-19(23)15-4-2-3-5-17(15)26-21(16)27-18/h2-9,12H,10-11H2,1H3,(H,22,24). The molecule has 0 saturated carbocycles. The van der Waals surface area contributed by atoms with Crippen LogP contribution in [0.2, 0.25) is 0 Å². The zero-order valence-electron chi connectivity index (χ0n) is 14.7. The van der Waals surface area contributed by atoms with Gasteiger partial charge in [-0.25, -0.2) is 0 Å². The smallest absolute Gasteiger partial charge is 0.302 e. The minimum Gasteiger partial charge on any atom is -0.497 e. The van der Waals surface area contributed by atoms with Crippen molar-refractivity contribution in [2.75, 3.05) is 13.7 Å². The van der Waals surface area contributed by atoms with Crippen molar-refractivity contribution in [3.8, 4) is 5.75 Å². The third-order valence-electron chi connectivity index (χ3n) is 4.36. The molecule has 6 nitrogen and oxygen atoms in total. The van der Waals surface area contributed by atoms with Gasteiger partial charge in [0.2, 0.25) is 5.43 Å². The fourth-order valence-electron chi connectivity index (χ4n) is 2.91. The Hall–Kier alpha value is -3.54. The lowest BCUT2D eigenvalue weighted by Crippen LogP contribution is -2.25. The number of benzene rings is 2.